The molecule has 4 rings (SSSR count). The average Bonchev–Trinajstić information content (AvgIpc) is 3.30. The zero-order chi connectivity index (χ0) is 27.3. The molecule has 0 spiro atoms. The number of amides is 1. The number of fused-ring (bicyclic) bond motifs is 1. The largest absolute Gasteiger partial charge is 0.491 e. The van der Waals surface area contributed by atoms with Gasteiger partial charge in [0.25, 0.3) is 0 Å². The Morgan fingerprint density at radius 2 is 1.92 bits per heavy atom. The Labute approximate surface area is 220 Å². The van der Waals surface area contributed by atoms with E-state index in [-0.39, 0.29) is 12.3 Å². The number of H-pyrrole nitrogens is 1. The van der Waals surface area contributed by atoms with Crippen molar-refractivity contribution >= 4 is 16.9 Å². The van der Waals surface area contributed by atoms with E-state index in [1.165, 1.54) is 0 Å². The second-order valence-electron chi connectivity index (χ2n) is 10.2. The summed E-state index contributed by atoms with van der Waals surface area (Å²) >= 11 is 0. The van der Waals surface area contributed by atoms with E-state index in [2.05, 4.69) is 31.8 Å². The van der Waals surface area contributed by atoms with Crippen LogP contribution in [-0.4, -0.2) is 89.8 Å². The molecule has 3 aromatic heterocycles. The van der Waals surface area contributed by atoms with Crippen LogP contribution in [0.25, 0.3) is 22.2 Å². The van der Waals surface area contributed by atoms with Gasteiger partial charge in [-0.05, 0) is 37.1 Å². The zero-order valence-electron chi connectivity index (χ0n) is 22.0. The lowest BCUT2D eigenvalue weighted by atomic mass is 9.88. The topological polar surface area (TPSA) is 86.4 Å². The van der Waals surface area contributed by atoms with Gasteiger partial charge >= 0.3 is 6.18 Å². The number of likely N-dealkylation sites (N-methyl/N-ethyl adjacent to an activating group) is 1. The van der Waals surface area contributed by atoms with Crippen LogP contribution >= 0.6 is 0 Å². The summed E-state index contributed by atoms with van der Waals surface area (Å²) in [7, 11) is 2.13. The first-order chi connectivity index (χ1) is 18.1. The minimum Gasteiger partial charge on any atom is -0.491 e. The number of rotatable bonds is 10. The SMILES string of the molecule is CC(C)C(Cc1cncc(-c2c[nH]c3ncc(OCCN4CCN(C)CC4)cc23)c1)C(=O)NCC(F)(F)F. The number of ether oxygens (including phenoxy) is 1. The quantitative estimate of drug-likeness (QED) is 0.414. The van der Waals surface area contributed by atoms with Gasteiger partial charge in [0.2, 0.25) is 5.91 Å². The number of hydrogen-bond donors (Lipinski definition) is 2. The molecule has 0 bridgehead atoms. The summed E-state index contributed by atoms with van der Waals surface area (Å²) in [4.78, 5) is 29.2. The zero-order valence-corrected chi connectivity index (χ0v) is 22.0. The maximum Gasteiger partial charge on any atom is 0.405 e. The van der Waals surface area contributed by atoms with Gasteiger partial charge in [-0.3, -0.25) is 14.7 Å². The summed E-state index contributed by atoms with van der Waals surface area (Å²) in [6, 6.07) is 3.87. The summed E-state index contributed by atoms with van der Waals surface area (Å²) in [5.74, 6) is -0.691. The molecule has 0 aromatic carbocycles. The van der Waals surface area contributed by atoms with Crippen molar-refractivity contribution in [1.82, 2.24) is 30.1 Å². The highest BCUT2D eigenvalue weighted by Crippen LogP contribution is 2.31. The first kappa shape index (κ1) is 27.8. The molecule has 1 amide bonds. The van der Waals surface area contributed by atoms with Gasteiger partial charge in [-0.1, -0.05) is 13.8 Å². The number of nitrogens with zero attached hydrogens (tertiary/aromatic N) is 4. The number of aromatic amines is 1. The molecule has 38 heavy (non-hydrogen) atoms. The van der Waals surface area contributed by atoms with Gasteiger partial charge in [0, 0.05) is 73.7 Å². The molecule has 1 atom stereocenters. The molecule has 0 aliphatic carbocycles. The summed E-state index contributed by atoms with van der Waals surface area (Å²) in [5.41, 5.74) is 3.19. The monoisotopic (exact) mass is 532 g/mol. The van der Waals surface area contributed by atoms with E-state index < -0.39 is 24.5 Å². The molecule has 1 saturated heterocycles. The lowest BCUT2D eigenvalue weighted by molar-refractivity contribution is -0.141. The highest BCUT2D eigenvalue weighted by Gasteiger charge is 2.30. The predicted molar refractivity (Wildman–Crippen MR) is 140 cm³/mol. The molecule has 8 nitrogen and oxygen atoms in total. The van der Waals surface area contributed by atoms with E-state index in [1.807, 2.05) is 37.5 Å². The number of alkyl halides is 3. The summed E-state index contributed by atoms with van der Waals surface area (Å²) < 4.78 is 43.8. The number of aromatic nitrogens is 3. The van der Waals surface area contributed by atoms with Gasteiger partial charge < -0.3 is 19.9 Å². The first-order valence-electron chi connectivity index (χ1n) is 12.9. The molecule has 4 heterocycles. The normalized spacial score (nSPS) is 16.2. The van der Waals surface area contributed by atoms with Crippen LogP contribution in [0.2, 0.25) is 0 Å². The van der Waals surface area contributed by atoms with Gasteiger partial charge in [-0.25, -0.2) is 4.98 Å². The predicted octanol–water partition coefficient (Wildman–Crippen LogP) is 3.74. The molecule has 1 unspecified atom stereocenters. The second-order valence-corrected chi connectivity index (χ2v) is 10.2. The van der Waals surface area contributed by atoms with Gasteiger partial charge in [0.15, 0.2) is 0 Å². The lowest BCUT2D eigenvalue weighted by Gasteiger charge is -2.32. The van der Waals surface area contributed by atoms with Crippen LogP contribution in [-0.2, 0) is 11.2 Å². The van der Waals surface area contributed by atoms with Gasteiger partial charge in [0.1, 0.15) is 24.5 Å². The van der Waals surface area contributed by atoms with Crippen molar-refractivity contribution in [3.05, 3.63) is 42.5 Å². The van der Waals surface area contributed by atoms with Crippen molar-refractivity contribution in [2.24, 2.45) is 11.8 Å². The van der Waals surface area contributed by atoms with Gasteiger partial charge in [-0.15, -0.1) is 0 Å². The van der Waals surface area contributed by atoms with Crippen molar-refractivity contribution < 1.29 is 22.7 Å². The Hall–Kier alpha value is -3.18. The van der Waals surface area contributed by atoms with E-state index in [0.29, 0.717) is 18.0 Å². The molecule has 1 aliphatic rings. The Bertz CT molecular complexity index is 1220. The fourth-order valence-electron chi connectivity index (χ4n) is 4.62. The number of hydrogen-bond acceptors (Lipinski definition) is 6. The Kier molecular flexibility index (Phi) is 8.88. The molecule has 3 aromatic rings. The van der Waals surface area contributed by atoms with E-state index in [1.54, 1.807) is 18.6 Å². The Balaban J connectivity index is 1.45. The summed E-state index contributed by atoms with van der Waals surface area (Å²) in [6.45, 7) is 7.92. The second kappa shape index (κ2) is 12.1. The molecule has 206 valence electrons. The van der Waals surface area contributed by atoms with Crippen LogP contribution in [0.1, 0.15) is 19.4 Å². The lowest BCUT2D eigenvalue weighted by Crippen LogP contribution is -2.45. The highest BCUT2D eigenvalue weighted by atomic mass is 19.4. The van der Waals surface area contributed by atoms with Crippen molar-refractivity contribution in [2.45, 2.75) is 26.4 Å². The molecule has 0 radical (unpaired) electrons. The van der Waals surface area contributed by atoms with Crippen molar-refractivity contribution in [1.29, 1.82) is 0 Å². The van der Waals surface area contributed by atoms with Gasteiger partial charge in [-0.2, -0.15) is 13.2 Å². The molecular formula is C27H35F3N6O2. The summed E-state index contributed by atoms with van der Waals surface area (Å²) in [6.07, 6.45) is 2.76. The van der Waals surface area contributed by atoms with E-state index in [9.17, 15) is 18.0 Å². The number of pyridine rings is 2. The minimum absolute atomic E-state index is 0.144. The third-order valence-electron chi connectivity index (χ3n) is 6.94. The van der Waals surface area contributed by atoms with Crippen molar-refractivity contribution in [3.63, 3.8) is 0 Å². The smallest absolute Gasteiger partial charge is 0.405 e. The van der Waals surface area contributed by atoms with Crippen LogP contribution in [0.4, 0.5) is 13.2 Å². The highest BCUT2D eigenvalue weighted by molar-refractivity contribution is 5.94. The molecule has 2 N–H and O–H groups in total. The maximum absolute atomic E-state index is 12.6. The average molecular weight is 533 g/mol. The van der Waals surface area contributed by atoms with Crippen molar-refractivity contribution in [3.8, 4) is 16.9 Å². The minimum atomic E-state index is -4.45. The molecule has 1 aliphatic heterocycles. The van der Waals surface area contributed by atoms with Crippen molar-refractivity contribution in [2.75, 3.05) is 52.9 Å². The first-order valence-corrected chi connectivity index (χ1v) is 12.9. The standard InChI is InChI=1S/C27H35F3N6O2/c1-18(2)22(26(37)34-17-27(28,29)30)11-19-10-20(14-31-13-19)24-16-33-25-23(24)12-21(15-32-25)38-9-8-36-6-4-35(3)5-7-36/h10,12-16,18,22H,4-9,11,17H2,1-3H3,(H,32,33)(H,34,37). The van der Waals surface area contributed by atoms with E-state index in [0.717, 1.165) is 54.8 Å². The summed E-state index contributed by atoms with van der Waals surface area (Å²) in [5, 5.41) is 2.90. The molecule has 1 fully saturated rings. The number of carbonyl (C=O) groups excluding carboxylic acids is 1. The Morgan fingerprint density at radius 1 is 1.16 bits per heavy atom. The van der Waals surface area contributed by atoms with E-state index in [4.69, 9.17) is 4.74 Å². The number of nitrogens with one attached hydrogen (secondary N) is 2. The third kappa shape index (κ3) is 7.44. The maximum atomic E-state index is 12.6. The number of piperazine rings is 1. The molecule has 0 saturated carbocycles. The van der Waals surface area contributed by atoms with Crippen LogP contribution < -0.4 is 10.1 Å². The fourth-order valence-corrected chi connectivity index (χ4v) is 4.62. The van der Waals surface area contributed by atoms with Crippen LogP contribution in [0, 0.1) is 11.8 Å². The fraction of sp³-hybridized carbons (Fsp3) is 0.519. The van der Waals surface area contributed by atoms with E-state index >= 15 is 0 Å². The number of halogens is 3. The molecular weight excluding hydrogens is 497 g/mol. The van der Waals surface area contributed by atoms with Crippen LogP contribution in [0.5, 0.6) is 5.75 Å². The third-order valence-corrected chi connectivity index (χ3v) is 6.94. The molecule has 11 heteroatoms. The van der Waals surface area contributed by atoms with Crippen LogP contribution in [0.15, 0.2) is 36.9 Å². The Morgan fingerprint density at radius 3 is 2.63 bits per heavy atom. The van der Waals surface area contributed by atoms with Gasteiger partial charge in [0.05, 0.1) is 6.20 Å². The number of carbonyl (C=O) groups is 1. The van der Waals surface area contributed by atoms with Crippen LogP contribution in [0.3, 0.4) is 0 Å².